The topological polar surface area (TPSA) is 66.8 Å². The zero-order valence-corrected chi connectivity index (χ0v) is 13.1. The monoisotopic (exact) mass is 321 g/mol. The van der Waals surface area contributed by atoms with Crippen molar-refractivity contribution in [2.45, 2.75) is 12.5 Å². The maximum atomic E-state index is 12.6. The molecule has 1 aliphatic rings. The number of ether oxygens (including phenoxy) is 1. The van der Waals surface area contributed by atoms with Crippen molar-refractivity contribution in [1.29, 1.82) is 0 Å². The summed E-state index contributed by atoms with van der Waals surface area (Å²) in [7, 11) is 0. The molecule has 1 amide bonds. The molecule has 2 rings (SSSR count). The van der Waals surface area contributed by atoms with Crippen LogP contribution in [0.3, 0.4) is 0 Å². The number of carbonyl (C=O) groups excluding carboxylic acids is 1. The molecule has 1 atom stereocenters. The molecule has 1 unspecified atom stereocenters. The number of thioether (sulfide) groups is 1. The van der Waals surface area contributed by atoms with E-state index in [4.69, 9.17) is 9.84 Å². The van der Waals surface area contributed by atoms with E-state index < -0.39 is 5.97 Å². The molecule has 0 radical (unpaired) electrons. The van der Waals surface area contributed by atoms with Crippen molar-refractivity contribution in [2.24, 2.45) is 0 Å². The summed E-state index contributed by atoms with van der Waals surface area (Å²) in [6, 6.07) is 6.64. The van der Waals surface area contributed by atoms with Crippen molar-refractivity contribution in [1.82, 2.24) is 4.90 Å². The molecule has 0 bridgehead atoms. The third-order valence-corrected chi connectivity index (χ3v) is 4.46. The van der Waals surface area contributed by atoms with Gasteiger partial charge in [-0.1, -0.05) is 12.7 Å². The van der Waals surface area contributed by atoms with Gasteiger partial charge in [0.2, 0.25) is 0 Å². The van der Waals surface area contributed by atoms with E-state index in [-0.39, 0.29) is 18.4 Å². The first kappa shape index (κ1) is 16.4. The predicted molar refractivity (Wildman–Crippen MR) is 86.5 cm³/mol. The summed E-state index contributed by atoms with van der Waals surface area (Å²) in [4.78, 5) is 25.2. The van der Waals surface area contributed by atoms with Crippen LogP contribution in [0.15, 0.2) is 36.9 Å². The molecule has 22 heavy (non-hydrogen) atoms. The van der Waals surface area contributed by atoms with Gasteiger partial charge in [-0.15, -0.1) is 0 Å². The normalized spacial score (nSPS) is 17.8. The Balaban J connectivity index is 2.07. The number of hydrogen-bond acceptors (Lipinski definition) is 4. The van der Waals surface area contributed by atoms with E-state index in [2.05, 4.69) is 6.58 Å². The summed E-state index contributed by atoms with van der Waals surface area (Å²) in [6.45, 7) is 4.57. The molecule has 0 aromatic heterocycles. The molecule has 1 fully saturated rings. The quantitative estimate of drug-likeness (QED) is 0.814. The average Bonchev–Trinajstić information content (AvgIpc) is 2.53. The summed E-state index contributed by atoms with van der Waals surface area (Å²) in [5.74, 6) is 1.18. The standard InChI is InChI=1S/C16H19NO4S/c1-2-8-21-14-5-3-12(4-6-14)16(20)17-7-9-22-11-13(17)10-15(18)19/h2-6,13H,1,7-11H2,(H,18,19). The highest BCUT2D eigenvalue weighted by Crippen LogP contribution is 2.22. The van der Waals surface area contributed by atoms with Crippen LogP contribution in [0.5, 0.6) is 5.75 Å². The van der Waals surface area contributed by atoms with Gasteiger partial charge in [-0.05, 0) is 24.3 Å². The SMILES string of the molecule is C=CCOc1ccc(C(=O)N2CCSCC2CC(=O)O)cc1. The second kappa shape index (κ2) is 7.89. The van der Waals surface area contributed by atoms with Crippen LogP contribution in [0, 0.1) is 0 Å². The lowest BCUT2D eigenvalue weighted by atomic mass is 10.1. The first-order valence-electron chi connectivity index (χ1n) is 7.06. The number of nitrogens with zero attached hydrogens (tertiary/aromatic N) is 1. The molecular formula is C16H19NO4S. The Hall–Kier alpha value is -1.95. The first-order chi connectivity index (χ1) is 10.6. The van der Waals surface area contributed by atoms with Crippen LogP contribution in [-0.2, 0) is 4.79 Å². The molecule has 1 N–H and O–H groups in total. The molecule has 1 saturated heterocycles. The van der Waals surface area contributed by atoms with E-state index in [0.29, 0.717) is 30.2 Å². The number of hydrogen-bond donors (Lipinski definition) is 1. The Morgan fingerprint density at radius 2 is 2.14 bits per heavy atom. The molecule has 0 saturated carbocycles. The van der Waals surface area contributed by atoms with Crippen molar-refractivity contribution >= 4 is 23.6 Å². The molecule has 1 aromatic rings. The minimum absolute atomic E-state index is 0.0146. The van der Waals surface area contributed by atoms with Gasteiger partial charge in [-0.3, -0.25) is 9.59 Å². The number of carboxylic acids is 1. The van der Waals surface area contributed by atoms with Crippen molar-refractivity contribution in [3.63, 3.8) is 0 Å². The van der Waals surface area contributed by atoms with Gasteiger partial charge < -0.3 is 14.7 Å². The lowest BCUT2D eigenvalue weighted by Crippen LogP contribution is -2.47. The van der Waals surface area contributed by atoms with Gasteiger partial charge in [0.05, 0.1) is 12.5 Å². The fourth-order valence-corrected chi connectivity index (χ4v) is 3.37. The zero-order chi connectivity index (χ0) is 15.9. The van der Waals surface area contributed by atoms with Crippen molar-refractivity contribution in [3.05, 3.63) is 42.5 Å². The summed E-state index contributed by atoms with van der Waals surface area (Å²) in [5.41, 5.74) is 0.549. The van der Waals surface area contributed by atoms with Gasteiger partial charge in [0.25, 0.3) is 5.91 Å². The van der Waals surface area contributed by atoms with Crippen LogP contribution in [0.1, 0.15) is 16.8 Å². The highest BCUT2D eigenvalue weighted by atomic mass is 32.2. The summed E-state index contributed by atoms with van der Waals surface area (Å²) in [5, 5.41) is 8.98. The Kier molecular flexibility index (Phi) is 5.89. The molecule has 6 heteroatoms. The predicted octanol–water partition coefficient (Wildman–Crippen LogP) is 2.28. The average molecular weight is 321 g/mol. The Labute approximate surface area is 133 Å². The summed E-state index contributed by atoms with van der Waals surface area (Å²) >= 11 is 1.69. The number of rotatable bonds is 6. The largest absolute Gasteiger partial charge is 0.490 e. The Morgan fingerprint density at radius 1 is 1.41 bits per heavy atom. The molecule has 1 aromatic carbocycles. The summed E-state index contributed by atoms with van der Waals surface area (Å²) < 4.78 is 5.39. The van der Waals surface area contributed by atoms with E-state index >= 15 is 0 Å². The van der Waals surface area contributed by atoms with Gasteiger partial charge in [-0.2, -0.15) is 11.8 Å². The smallest absolute Gasteiger partial charge is 0.305 e. The van der Waals surface area contributed by atoms with Crippen molar-refractivity contribution < 1.29 is 19.4 Å². The van der Waals surface area contributed by atoms with Gasteiger partial charge in [0.15, 0.2) is 0 Å². The van der Waals surface area contributed by atoms with E-state index in [9.17, 15) is 9.59 Å². The van der Waals surface area contributed by atoms with Crippen LogP contribution in [0.4, 0.5) is 0 Å². The van der Waals surface area contributed by atoms with Gasteiger partial charge in [-0.25, -0.2) is 0 Å². The highest BCUT2D eigenvalue weighted by molar-refractivity contribution is 7.99. The highest BCUT2D eigenvalue weighted by Gasteiger charge is 2.29. The Morgan fingerprint density at radius 3 is 2.77 bits per heavy atom. The lowest BCUT2D eigenvalue weighted by molar-refractivity contribution is -0.138. The fraction of sp³-hybridized carbons (Fsp3) is 0.375. The van der Waals surface area contributed by atoms with Crippen LogP contribution in [0.25, 0.3) is 0 Å². The molecule has 0 aliphatic carbocycles. The first-order valence-corrected chi connectivity index (χ1v) is 8.21. The van der Waals surface area contributed by atoms with E-state index in [1.165, 1.54) is 0 Å². The van der Waals surface area contributed by atoms with Gasteiger partial charge in [0, 0.05) is 23.6 Å². The minimum atomic E-state index is -0.876. The van der Waals surface area contributed by atoms with Crippen LogP contribution >= 0.6 is 11.8 Å². The Bertz CT molecular complexity index is 544. The summed E-state index contributed by atoms with van der Waals surface area (Å²) in [6.07, 6.45) is 1.64. The van der Waals surface area contributed by atoms with Crippen LogP contribution in [0.2, 0.25) is 0 Å². The number of amides is 1. The molecular weight excluding hydrogens is 302 g/mol. The van der Waals surface area contributed by atoms with E-state index in [0.717, 1.165) is 5.75 Å². The molecule has 0 spiro atoms. The lowest BCUT2D eigenvalue weighted by Gasteiger charge is -2.34. The third kappa shape index (κ3) is 4.27. The number of benzene rings is 1. The zero-order valence-electron chi connectivity index (χ0n) is 12.2. The van der Waals surface area contributed by atoms with Gasteiger partial charge >= 0.3 is 5.97 Å². The van der Waals surface area contributed by atoms with Crippen LogP contribution in [-0.4, -0.2) is 52.6 Å². The minimum Gasteiger partial charge on any atom is -0.490 e. The number of carboxylic acid groups (broad SMARTS) is 1. The second-order valence-electron chi connectivity index (χ2n) is 4.95. The maximum Gasteiger partial charge on any atom is 0.305 e. The number of aliphatic carboxylic acids is 1. The van der Waals surface area contributed by atoms with E-state index in [1.54, 1.807) is 47.0 Å². The van der Waals surface area contributed by atoms with Crippen molar-refractivity contribution in [2.75, 3.05) is 24.7 Å². The second-order valence-corrected chi connectivity index (χ2v) is 6.10. The van der Waals surface area contributed by atoms with Crippen molar-refractivity contribution in [3.8, 4) is 5.75 Å². The maximum absolute atomic E-state index is 12.6. The third-order valence-electron chi connectivity index (χ3n) is 3.37. The molecule has 118 valence electrons. The molecule has 1 aliphatic heterocycles. The molecule has 5 nitrogen and oxygen atoms in total. The molecule has 1 heterocycles. The van der Waals surface area contributed by atoms with Crippen LogP contribution < -0.4 is 4.74 Å². The number of carbonyl (C=O) groups is 2. The van der Waals surface area contributed by atoms with Gasteiger partial charge in [0.1, 0.15) is 12.4 Å². The fourth-order valence-electron chi connectivity index (χ4n) is 2.31. The van der Waals surface area contributed by atoms with E-state index in [1.807, 2.05) is 0 Å².